The van der Waals surface area contributed by atoms with Crippen molar-refractivity contribution in [2.45, 2.75) is 32.2 Å². The number of sulfonamides is 1. The van der Waals surface area contributed by atoms with Crippen LogP contribution in [0.1, 0.15) is 26.3 Å². The summed E-state index contributed by atoms with van der Waals surface area (Å²) in [5.41, 5.74) is 0.753. The zero-order valence-electron chi connectivity index (χ0n) is 18.6. The first-order valence-corrected chi connectivity index (χ1v) is 11.6. The lowest BCUT2D eigenvalue weighted by Crippen LogP contribution is -2.45. The topological polar surface area (TPSA) is 103 Å². The van der Waals surface area contributed by atoms with Gasteiger partial charge in [-0.3, -0.25) is 4.79 Å². The van der Waals surface area contributed by atoms with Crippen LogP contribution in [0.2, 0.25) is 0 Å². The molecule has 1 aromatic rings. The third-order valence-electron chi connectivity index (χ3n) is 4.40. The van der Waals surface area contributed by atoms with Gasteiger partial charge in [-0.15, -0.1) is 0 Å². The van der Waals surface area contributed by atoms with Crippen LogP contribution in [0.4, 0.5) is 0 Å². The molecule has 0 aliphatic heterocycles. The van der Waals surface area contributed by atoms with E-state index in [-0.39, 0.29) is 30.4 Å². The van der Waals surface area contributed by atoms with E-state index in [9.17, 15) is 13.2 Å². The normalized spacial score (nSPS) is 12.0. The summed E-state index contributed by atoms with van der Waals surface area (Å²) in [7, 11) is -0.282. The lowest BCUT2D eigenvalue weighted by atomic mass is 10.2. The number of guanidine groups is 1. The van der Waals surface area contributed by atoms with E-state index in [2.05, 4.69) is 15.0 Å². The van der Waals surface area contributed by atoms with E-state index in [0.29, 0.717) is 32.2 Å². The van der Waals surface area contributed by atoms with Crippen molar-refractivity contribution in [3.63, 3.8) is 0 Å². The maximum absolute atomic E-state index is 12.4. The Kier molecular flexibility index (Phi) is 11.4. The first-order valence-electron chi connectivity index (χ1n) is 10.1. The van der Waals surface area contributed by atoms with Crippen LogP contribution in [0.15, 0.2) is 34.2 Å². The zero-order valence-corrected chi connectivity index (χ0v) is 19.5. The second-order valence-electron chi connectivity index (χ2n) is 6.63. The SMILES string of the molecule is CCNC(=NCc1cccc(S(=O)(=O)NCCOC)c1)N(C)CC(=O)N(CC)CC. The molecule has 0 atom stereocenters. The second-order valence-corrected chi connectivity index (χ2v) is 8.40. The Morgan fingerprint density at radius 2 is 1.90 bits per heavy atom. The molecular weight excluding hydrogens is 406 g/mol. The molecule has 0 fully saturated rings. The van der Waals surface area contributed by atoms with Crippen molar-refractivity contribution in [3.8, 4) is 0 Å². The van der Waals surface area contributed by atoms with Crippen molar-refractivity contribution in [2.75, 3.05) is 53.5 Å². The summed E-state index contributed by atoms with van der Waals surface area (Å²) in [5, 5.41) is 3.17. The Bertz CT molecular complexity index is 794. The molecule has 1 aromatic carbocycles. The summed E-state index contributed by atoms with van der Waals surface area (Å²) in [6.07, 6.45) is 0. The summed E-state index contributed by atoms with van der Waals surface area (Å²) in [6, 6.07) is 6.66. The summed E-state index contributed by atoms with van der Waals surface area (Å²) in [4.78, 5) is 20.7. The van der Waals surface area contributed by atoms with Crippen molar-refractivity contribution < 1.29 is 17.9 Å². The molecule has 1 amide bonds. The predicted octanol–water partition coefficient (Wildman–Crippen LogP) is 0.877. The number of carbonyl (C=O) groups excluding carboxylic acids is 1. The number of benzene rings is 1. The number of carbonyl (C=O) groups is 1. The third kappa shape index (κ3) is 8.29. The van der Waals surface area contributed by atoms with Gasteiger partial charge in [-0.1, -0.05) is 12.1 Å². The van der Waals surface area contributed by atoms with Crippen LogP contribution in [-0.2, 0) is 26.1 Å². The van der Waals surface area contributed by atoms with E-state index in [1.807, 2.05) is 33.9 Å². The third-order valence-corrected chi connectivity index (χ3v) is 5.86. The summed E-state index contributed by atoms with van der Waals surface area (Å²) in [5.74, 6) is 0.618. The summed E-state index contributed by atoms with van der Waals surface area (Å²) in [6.45, 7) is 8.84. The van der Waals surface area contributed by atoms with Gasteiger partial charge in [-0.2, -0.15) is 0 Å². The number of likely N-dealkylation sites (N-methyl/N-ethyl adjacent to an activating group) is 2. The van der Waals surface area contributed by atoms with Crippen molar-refractivity contribution in [1.82, 2.24) is 19.8 Å². The van der Waals surface area contributed by atoms with Crippen LogP contribution >= 0.6 is 0 Å². The van der Waals surface area contributed by atoms with Gasteiger partial charge < -0.3 is 19.9 Å². The quantitative estimate of drug-likeness (QED) is 0.284. The molecule has 2 N–H and O–H groups in total. The second kappa shape index (κ2) is 13.2. The highest BCUT2D eigenvalue weighted by Gasteiger charge is 2.16. The molecule has 0 heterocycles. The highest BCUT2D eigenvalue weighted by molar-refractivity contribution is 7.89. The van der Waals surface area contributed by atoms with Gasteiger partial charge in [0.25, 0.3) is 0 Å². The lowest BCUT2D eigenvalue weighted by Gasteiger charge is -2.25. The Hall–Kier alpha value is -2.17. The monoisotopic (exact) mass is 441 g/mol. The minimum Gasteiger partial charge on any atom is -0.383 e. The number of aliphatic imine (C=N–C) groups is 1. The first kappa shape index (κ1) is 25.9. The van der Waals surface area contributed by atoms with E-state index >= 15 is 0 Å². The standard InChI is InChI=1S/C20H35N5O4S/c1-6-21-20(24(4)16-19(26)25(7-2)8-3)22-15-17-10-9-11-18(14-17)30(27,28)23-12-13-29-5/h9-11,14,23H,6-8,12-13,15-16H2,1-5H3,(H,21,22). The average molecular weight is 442 g/mol. The fraction of sp³-hybridized carbons (Fsp3) is 0.600. The predicted molar refractivity (Wildman–Crippen MR) is 119 cm³/mol. The Labute approximate surface area is 180 Å². The van der Waals surface area contributed by atoms with Crippen molar-refractivity contribution in [3.05, 3.63) is 29.8 Å². The molecule has 0 aliphatic carbocycles. The van der Waals surface area contributed by atoms with Gasteiger partial charge in [0.15, 0.2) is 5.96 Å². The minimum absolute atomic E-state index is 0.0309. The Morgan fingerprint density at radius 3 is 2.50 bits per heavy atom. The molecule has 0 aliphatic rings. The van der Waals surface area contributed by atoms with Crippen LogP contribution in [0.5, 0.6) is 0 Å². The summed E-state index contributed by atoms with van der Waals surface area (Å²) < 4.78 is 32.1. The number of rotatable bonds is 12. The fourth-order valence-corrected chi connectivity index (χ4v) is 3.85. The molecule has 0 unspecified atom stereocenters. The maximum Gasteiger partial charge on any atom is 0.242 e. The molecule has 0 saturated carbocycles. The zero-order chi connectivity index (χ0) is 22.6. The largest absolute Gasteiger partial charge is 0.383 e. The van der Waals surface area contributed by atoms with Crippen LogP contribution in [0.25, 0.3) is 0 Å². The number of amides is 1. The molecule has 0 radical (unpaired) electrons. The number of nitrogens with one attached hydrogen (secondary N) is 2. The minimum atomic E-state index is -3.61. The number of nitrogens with zero attached hydrogens (tertiary/aromatic N) is 3. The van der Waals surface area contributed by atoms with Crippen molar-refractivity contribution in [1.29, 1.82) is 0 Å². The molecule has 0 bridgehead atoms. The van der Waals surface area contributed by atoms with Gasteiger partial charge in [-0.25, -0.2) is 18.1 Å². The molecule has 0 aromatic heterocycles. The van der Waals surface area contributed by atoms with E-state index < -0.39 is 10.0 Å². The van der Waals surface area contributed by atoms with E-state index in [4.69, 9.17) is 4.74 Å². The van der Waals surface area contributed by atoms with Gasteiger partial charge in [-0.05, 0) is 38.5 Å². The first-order chi connectivity index (χ1) is 14.3. The van der Waals surface area contributed by atoms with E-state index in [0.717, 1.165) is 5.56 Å². The molecule has 9 nitrogen and oxygen atoms in total. The molecule has 0 spiro atoms. The van der Waals surface area contributed by atoms with Crippen LogP contribution in [0.3, 0.4) is 0 Å². The molecule has 170 valence electrons. The summed E-state index contributed by atoms with van der Waals surface area (Å²) >= 11 is 0. The van der Waals surface area contributed by atoms with Crippen LogP contribution in [-0.4, -0.2) is 83.6 Å². The van der Waals surface area contributed by atoms with Crippen molar-refractivity contribution >= 4 is 21.9 Å². The van der Waals surface area contributed by atoms with Gasteiger partial charge in [0.1, 0.15) is 0 Å². The number of ether oxygens (including phenoxy) is 1. The van der Waals surface area contributed by atoms with E-state index in [1.54, 1.807) is 28.0 Å². The van der Waals surface area contributed by atoms with Gasteiger partial charge in [0.2, 0.25) is 15.9 Å². The van der Waals surface area contributed by atoms with Crippen LogP contribution < -0.4 is 10.0 Å². The maximum atomic E-state index is 12.4. The lowest BCUT2D eigenvalue weighted by molar-refractivity contribution is -0.131. The molecule has 1 rings (SSSR count). The number of hydrogen-bond acceptors (Lipinski definition) is 5. The van der Waals surface area contributed by atoms with Gasteiger partial charge in [0.05, 0.1) is 24.6 Å². The molecule has 0 saturated heterocycles. The number of hydrogen-bond donors (Lipinski definition) is 2. The average Bonchev–Trinajstić information content (AvgIpc) is 2.72. The smallest absolute Gasteiger partial charge is 0.242 e. The van der Waals surface area contributed by atoms with Gasteiger partial charge in [0, 0.05) is 40.3 Å². The molecular formula is C20H35N5O4S. The van der Waals surface area contributed by atoms with Gasteiger partial charge >= 0.3 is 0 Å². The van der Waals surface area contributed by atoms with Crippen molar-refractivity contribution in [2.24, 2.45) is 4.99 Å². The Balaban J connectivity index is 2.91. The highest BCUT2D eigenvalue weighted by Crippen LogP contribution is 2.12. The Morgan fingerprint density at radius 1 is 1.20 bits per heavy atom. The van der Waals surface area contributed by atoms with Crippen LogP contribution in [0, 0.1) is 0 Å². The molecule has 10 heteroatoms. The highest BCUT2D eigenvalue weighted by atomic mass is 32.2. The molecule has 30 heavy (non-hydrogen) atoms. The fourth-order valence-electron chi connectivity index (χ4n) is 2.76. The number of methoxy groups -OCH3 is 1. The van der Waals surface area contributed by atoms with E-state index in [1.165, 1.54) is 7.11 Å².